The van der Waals surface area contributed by atoms with Crippen molar-refractivity contribution in [3.05, 3.63) is 59.8 Å². The fourth-order valence-electron chi connectivity index (χ4n) is 2.77. The van der Waals surface area contributed by atoms with Crippen LogP contribution in [0.5, 0.6) is 0 Å². The fraction of sp³-hybridized carbons (Fsp3) is 0.111. The molecule has 0 radical (unpaired) electrons. The first-order valence-electron chi connectivity index (χ1n) is 7.84. The normalized spacial score (nSPS) is 11.0. The maximum Gasteiger partial charge on any atom is 0.255 e. The number of rotatable bonds is 3. The molecule has 0 aliphatic carbocycles. The first kappa shape index (κ1) is 16.3. The van der Waals surface area contributed by atoms with Crippen LogP contribution >= 0.6 is 11.5 Å². The molecule has 2 heterocycles. The zero-order valence-corrected chi connectivity index (χ0v) is 14.8. The molecule has 4 aromatic rings. The summed E-state index contributed by atoms with van der Waals surface area (Å²) in [7, 11) is 1.73. The van der Waals surface area contributed by atoms with E-state index in [4.69, 9.17) is 0 Å². The van der Waals surface area contributed by atoms with E-state index < -0.39 is 11.7 Å². The van der Waals surface area contributed by atoms with Gasteiger partial charge in [-0.05, 0) is 54.9 Å². The minimum absolute atomic E-state index is 0.212. The number of hydrogen-bond acceptors (Lipinski definition) is 5. The van der Waals surface area contributed by atoms with Crippen molar-refractivity contribution in [3.63, 3.8) is 0 Å². The Morgan fingerprint density at radius 2 is 2.08 bits per heavy atom. The summed E-state index contributed by atoms with van der Waals surface area (Å²) in [5.74, 6) is 0.176. The van der Waals surface area contributed by atoms with Crippen molar-refractivity contribution in [3.8, 4) is 11.4 Å². The number of benzene rings is 2. The van der Waals surface area contributed by atoms with Crippen LogP contribution in [-0.2, 0) is 7.05 Å². The smallest absolute Gasteiger partial charge is 0.255 e. The lowest BCUT2D eigenvalue weighted by Crippen LogP contribution is -2.12. The van der Waals surface area contributed by atoms with Gasteiger partial charge in [0, 0.05) is 35.4 Å². The summed E-state index contributed by atoms with van der Waals surface area (Å²) in [6.07, 6.45) is 1.74. The summed E-state index contributed by atoms with van der Waals surface area (Å²) in [5, 5.41) is 7.90. The molecule has 0 aliphatic heterocycles. The molecular formula is C18H14FN5OS. The molecule has 0 spiro atoms. The van der Waals surface area contributed by atoms with Gasteiger partial charge >= 0.3 is 0 Å². The van der Waals surface area contributed by atoms with E-state index in [2.05, 4.69) is 19.8 Å². The standard InChI is InChI=1S/C18H14FN5OS/c1-10-21-17(24(2)23-10)11-5-12(7-14(19)6-11)18(25)22-15-3-4-16-13(8-15)9-20-26-16/h3-9H,1-2H3,(H,22,25). The minimum atomic E-state index is -0.509. The van der Waals surface area contributed by atoms with E-state index in [0.29, 0.717) is 22.9 Å². The molecular weight excluding hydrogens is 353 g/mol. The van der Waals surface area contributed by atoms with E-state index in [9.17, 15) is 9.18 Å². The summed E-state index contributed by atoms with van der Waals surface area (Å²) in [6.45, 7) is 1.76. The Balaban J connectivity index is 1.66. The average Bonchev–Trinajstić information content (AvgIpc) is 3.19. The Hall–Kier alpha value is -3.13. The topological polar surface area (TPSA) is 72.7 Å². The molecule has 0 unspecified atom stereocenters. The van der Waals surface area contributed by atoms with E-state index in [1.165, 1.54) is 23.7 Å². The Morgan fingerprint density at radius 1 is 1.23 bits per heavy atom. The third kappa shape index (κ3) is 3.06. The maximum absolute atomic E-state index is 14.1. The molecule has 0 aliphatic rings. The molecule has 0 atom stereocenters. The van der Waals surface area contributed by atoms with Crippen molar-refractivity contribution in [2.45, 2.75) is 6.92 Å². The predicted molar refractivity (Wildman–Crippen MR) is 98.7 cm³/mol. The molecule has 26 heavy (non-hydrogen) atoms. The van der Waals surface area contributed by atoms with Crippen molar-refractivity contribution in [2.24, 2.45) is 7.05 Å². The van der Waals surface area contributed by atoms with Crippen LogP contribution in [0.15, 0.2) is 42.6 Å². The van der Waals surface area contributed by atoms with Gasteiger partial charge in [0.2, 0.25) is 0 Å². The monoisotopic (exact) mass is 367 g/mol. The van der Waals surface area contributed by atoms with Crippen LogP contribution in [0, 0.1) is 12.7 Å². The van der Waals surface area contributed by atoms with Crippen molar-refractivity contribution in [1.29, 1.82) is 0 Å². The molecule has 1 amide bonds. The first-order chi connectivity index (χ1) is 12.5. The Bertz CT molecular complexity index is 1130. The highest BCUT2D eigenvalue weighted by Crippen LogP contribution is 2.24. The highest BCUT2D eigenvalue weighted by atomic mass is 32.1. The number of aryl methyl sites for hydroxylation is 2. The average molecular weight is 367 g/mol. The van der Waals surface area contributed by atoms with Crippen molar-refractivity contribution < 1.29 is 9.18 Å². The van der Waals surface area contributed by atoms with Crippen LogP contribution in [0.2, 0.25) is 0 Å². The second kappa shape index (κ2) is 6.30. The van der Waals surface area contributed by atoms with Gasteiger partial charge in [0.05, 0.1) is 4.70 Å². The molecule has 0 fully saturated rings. The van der Waals surface area contributed by atoms with Gasteiger partial charge in [-0.2, -0.15) is 9.47 Å². The molecule has 0 saturated heterocycles. The van der Waals surface area contributed by atoms with E-state index in [-0.39, 0.29) is 5.56 Å². The predicted octanol–water partition coefficient (Wildman–Crippen LogP) is 3.79. The molecule has 1 N–H and O–H groups in total. The van der Waals surface area contributed by atoms with Crippen molar-refractivity contribution in [2.75, 3.05) is 5.32 Å². The summed E-state index contributed by atoms with van der Waals surface area (Å²) in [5.41, 5.74) is 1.34. The fourth-order valence-corrected chi connectivity index (χ4v) is 3.39. The van der Waals surface area contributed by atoms with Gasteiger partial charge in [0.15, 0.2) is 5.82 Å². The highest BCUT2D eigenvalue weighted by Gasteiger charge is 2.14. The van der Waals surface area contributed by atoms with Gasteiger partial charge in [-0.25, -0.2) is 14.1 Å². The van der Waals surface area contributed by atoms with E-state index in [1.807, 2.05) is 12.1 Å². The molecule has 6 nitrogen and oxygen atoms in total. The quantitative estimate of drug-likeness (QED) is 0.598. The van der Waals surface area contributed by atoms with Gasteiger partial charge in [-0.1, -0.05) is 0 Å². The van der Waals surface area contributed by atoms with Gasteiger partial charge in [0.1, 0.15) is 11.6 Å². The molecule has 4 rings (SSSR count). The van der Waals surface area contributed by atoms with Crippen LogP contribution in [0.1, 0.15) is 16.2 Å². The first-order valence-corrected chi connectivity index (χ1v) is 8.61. The Morgan fingerprint density at radius 3 is 2.85 bits per heavy atom. The lowest BCUT2D eigenvalue weighted by molar-refractivity contribution is 0.102. The van der Waals surface area contributed by atoms with Gasteiger partial charge in [-0.3, -0.25) is 4.79 Å². The van der Waals surface area contributed by atoms with Crippen molar-refractivity contribution >= 4 is 33.2 Å². The minimum Gasteiger partial charge on any atom is -0.322 e. The molecule has 8 heteroatoms. The van der Waals surface area contributed by atoms with Gasteiger partial charge < -0.3 is 5.32 Å². The lowest BCUT2D eigenvalue weighted by Gasteiger charge is -2.08. The van der Waals surface area contributed by atoms with Crippen molar-refractivity contribution in [1.82, 2.24) is 19.1 Å². The molecule has 0 saturated carbocycles. The number of carbonyl (C=O) groups excluding carboxylic acids is 1. The number of halogens is 1. The molecule has 2 aromatic heterocycles. The summed E-state index contributed by atoms with van der Waals surface area (Å²) < 4.78 is 20.8. The van der Waals surface area contributed by atoms with Crippen LogP contribution in [0.3, 0.4) is 0 Å². The van der Waals surface area contributed by atoms with E-state index >= 15 is 0 Å². The third-order valence-corrected chi connectivity index (χ3v) is 4.68. The Labute approximate surface area is 152 Å². The van der Waals surface area contributed by atoms with Crippen LogP contribution in [-0.4, -0.2) is 25.0 Å². The maximum atomic E-state index is 14.1. The number of carbonyl (C=O) groups is 1. The number of nitrogens with zero attached hydrogens (tertiary/aromatic N) is 4. The second-order valence-electron chi connectivity index (χ2n) is 5.87. The number of anilines is 1. The summed E-state index contributed by atoms with van der Waals surface area (Å²) >= 11 is 1.39. The second-order valence-corrected chi connectivity index (χ2v) is 6.70. The lowest BCUT2D eigenvalue weighted by atomic mass is 10.1. The van der Waals surface area contributed by atoms with Crippen LogP contribution in [0.4, 0.5) is 10.1 Å². The summed E-state index contributed by atoms with van der Waals surface area (Å²) in [6, 6.07) is 9.66. The zero-order chi connectivity index (χ0) is 18.3. The third-order valence-electron chi connectivity index (χ3n) is 3.90. The number of hydrogen-bond donors (Lipinski definition) is 1. The van der Waals surface area contributed by atoms with Crippen LogP contribution in [0.25, 0.3) is 21.5 Å². The number of aromatic nitrogens is 4. The Kier molecular flexibility index (Phi) is 3.96. The number of fused-ring (bicyclic) bond motifs is 1. The van der Waals surface area contributed by atoms with Gasteiger partial charge in [-0.15, -0.1) is 0 Å². The van der Waals surface area contributed by atoms with Crippen LogP contribution < -0.4 is 5.32 Å². The SMILES string of the molecule is Cc1nc(-c2cc(F)cc(C(=O)Nc3ccc4sncc4c3)c2)n(C)n1. The molecule has 130 valence electrons. The van der Waals surface area contributed by atoms with E-state index in [0.717, 1.165) is 10.1 Å². The number of amides is 1. The zero-order valence-electron chi connectivity index (χ0n) is 14.0. The highest BCUT2D eigenvalue weighted by molar-refractivity contribution is 7.13. The van der Waals surface area contributed by atoms with Gasteiger partial charge in [0.25, 0.3) is 5.91 Å². The summed E-state index contributed by atoms with van der Waals surface area (Å²) in [4.78, 5) is 16.9. The number of nitrogens with one attached hydrogen (secondary N) is 1. The molecule has 0 bridgehead atoms. The van der Waals surface area contributed by atoms with E-state index in [1.54, 1.807) is 37.0 Å². The molecule has 2 aromatic carbocycles. The largest absolute Gasteiger partial charge is 0.322 e.